The number of carbonyl (C=O) groups excluding carboxylic acids is 2. The van der Waals surface area contributed by atoms with E-state index in [1.807, 2.05) is 31.2 Å². The Hall–Kier alpha value is -2.71. The fraction of sp³-hybridized carbons (Fsp3) is 0.417. The van der Waals surface area contributed by atoms with Crippen LogP contribution in [0.1, 0.15) is 42.4 Å². The number of sulfonamides is 1. The van der Waals surface area contributed by atoms with E-state index in [2.05, 4.69) is 10.6 Å². The molecular weight excluding hydrogens is 426 g/mol. The highest BCUT2D eigenvalue weighted by Crippen LogP contribution is 2.29. The van der Waals surface area contributed by atoms with Crippen molar-refractivity contribution < 1.29 is 18.0 Å². The van der Waals surface area contributed by atoms with Crippen LogP contribution in [0.15, 0.2) is 47.4 Å². The number of amides is 2. The quantitative estimate of drug-likeness (QED) is 0.725. The lowest BCUT2D eigenvalue weighted by atomic mass is 9.98. The molecule has 1 fully saturated rings. The standard InChI is InChI=1S/C24H29N3O4S/c1-17-7-9-18(10-8-17)15-25-24(29)20-5-3-13-27(16-20)32(30,31)21-11-12-22-19(14-21)4-2-6-23(28)26-22/h7-12,14,20H,2-6,13,15-16H2,1H3,(H,25,29)(H,26,28). The SMILES string of the molecule is Cc1ccc(CNC(=O)C2CCCN(S(=O)(=O)c3ccc4c(c3)CCCC(=O)N4)C2)cc1. The molecule has 1 saturated heterocycles. The van der Waals surface area contributed by atoms with E-state index in [1.165, 1.54) is 4.31 Å². The van der Waals surface area contributed by atoms with Gasteiger partial charge >= 0.3 is 0 Å². The van der Waals surface area contributed by atoms with E-state index in [-0.39, 0.29) is 29.2 Å². The minimum atomic E-state index is -3.72. The molecule has 8 heteroatoms. The van der Waals surface area contributed by atoms with Crippen LogP contribution < -0.4 is 10.6 Å². The highest BCUT2D eigenvalue weighted by Gasteiger charge is 2.33. The van der Waals surface area contributed by atoms with E-state index in [1.54, 1.807) is 18.2 Å². The highest BCUT2D eigenvalue weighted by molar-refractivity contribution is 7.89. The molecule has 0 saturated carbocycles. The van der Waals surface area contributed by atoms with Crippen LogP contribution in [0, 0.1) is 12.8 Å². The second-order valence-electron chi connectivity index (χ2n) is 8.63. The third kappa shape index (κ3) is 5.02. The third-order valence-electron chi connectivity index (χ3n) is 6.18. The topological polar surface area (TPSA) is 95.6 Å². The maximum absolute atomic E-state index is 13.3. The average Bonchev–Trinajstić information content (AvgIpc) is 2.98. The van der Waals surface area contributed by atoms with E-state index < -0.39 is 10.0 Å². The van der Waals surface area contributed by atoms with Crippen molar-refractivity contribution in [2.24, 2.45) is 5.92 Å². The molecule has 0 radical (unpaired) electrons. The molecule has 2 aromatic rings. The molecule has 0 spiro atoms. The van der Waals surface area contributed by atoms with Gasteiger partial charge in [0, 0.05) is 31.7 Å². The Balaban J connectivity index is 1.44. The van der Waals surface area contributed by atoms with E-state index in [0.717, 1.165) is 16.7 Å². The highest BCUT2D eigenvalue weighted by atomic mass is 32.2. The Kier molecular flexibility index (Phi) is 6.62. The van der Waals surface area contributed by atoms with Crippen molar-refractivity contribution >= 4 is 27.5 Å². The molecule has 2 aliphatic rings. The van der Waals surface area contributed by atoms with Crippen molar-refractivity contribution in [2.45, 2.75) is 50.5 Å². The summed E-state index contributed by atoms with van der Waals surface area (Å²) in [4.78, 5) is 24.7. The van der Waals surface area contributed by atoms with Crippen LogP contribution in [0.4, 0.5) is 5.69 Å². The maximum Gasteiger partial charge on any atom is 0.243 e. The first-order valence-corrected chi connectivity index (χ1v) is 12.5. The Morgan fingerprint density at radius 1 is 1.12 bits per heavy atom. The smallest absolute Gasteiger partial charge is 0.243 e. The van der Waals surface area contributed by atoms with Gasteiger partial charge in [0.2, 0.25) is 21.8 Å². The van der Waals surface area contributed by atoms with Gasteiger partial charge in [-0.3, -0.25) is 9.59 Å². The Bertz CT molecular complexity index is 1110. The molecule has 2 amide bonds. The summed E-state index contributed by atoms with van der Waals surface area (Å²) in [7, 11) is -3.72. The van der Waals surface area contributed by atoms with Crippen LogP contribution in [-0.2, 0) is 32.6 Å². The van der Waals surface area contributed by atoms with Crippen LogP contribution in [-0.4, -0.2) is 37.6 Å². The number of hydrogen-bond donors (Lipinski definition) is 2. The van der Waals surface area contributed by atoms with Crippen LogP contribution >= 0.6 is 0 Å². The number of nitrogens with one attached hydrogen (secondary N) is 2. The Labute approximate surface area is 189 Å². The normalized spacial score (nSPS) is 19.5. The predicted molar refractivity (Wildman–Crippen MR) is 123 cm³/mol. The lowest BCUT2D eigenvalue weighted by Gasteiger charge is -2.31. The summed E-state index contributed by atoms with van der Waals surface area (Å²) in [6.45, 7) is 3.02. The zero-order valence-electron chi connectivity index (χ0n) is 18.3. The zero-order chi connectivity index (χ0) is 22.7. The van der Waals surface area contributed by atoms with Gasteiger partial charge in [-0.25, -0.2) is 8.42 Å². The molecule has 2 heterocycles. The summed E-state index contributed by atoms with van der Waals surface area (Å²) >= 11 is 0. The number of benzene rings is 2. The van der Waals surface area contributed by atoms with Gasteiger partial charge in [-0.15, -0.1) is 0 Å². The second kappa shape index (κ2) is 9.42. The van der Waals surface area contributed by atoms with Gasteiger partial charge in [0.05, 0.1) is 10.8 Å². The fourth-order valence-corrected chi connectivity index (χ4v) is 5.85. The van der Waals surface area contributed by atoms with Crippen LogP contribution in [0.2, 0.25) is 0 Å². The monoisotopic (exact) mass is 455 g/mol. The molecule has 1 unspecified atom stereocenters. The summed E-state index contributed by atoms with van der Waals surface area (Å²) in [5.74, 6) is -0.533. The average molecular weight is 456 g/mol. The largest absolute Gasteiger partial charge is 0.352 e. The van der Waals surface area contributed by atoms with Gasteiger partial charge in [-0.2, -0.15) is 4.31 Å². The van der Waals surface area contributed by atoms with Gasteiger partial charge in [0.25, 0.3) is 0 Å². The van der Waals surface area contributed by atoms with Gasteiger partial charge < -0.3 is 10.6 Å². The number of hydrogen-bond acceptors (Lipinski definition) is 4. The number of anilines is 1. The molecular formula is C24H29N3O4S. The number of rotatable bonds is 5. The van der Waals surface area contributed by atoms with Crippen LogP contribution in [0.3, 0.4) is 0 Å². The molecule has 2 aromatic carbocycles. The lowest BCUT2D eigenvalue weighted by molar-refractivity contribution is -0.126. The zero-order valence-corrected chi connectivity index (χ0v) is 19.1. The number of carbonyl (C=O) groups is 2. The number of piperidine rings is 1. The van der Waals surface area contributed by atoms with Crippen molar-refractivity contribution in [1.29, 1.82) is 0 Å². The third-order valence-corrected chi connectivity index (χ3v) is 8.04. The van der Waals surface area contributed by atoms with Crippen molar-refractivity contribution in [3.8, 4) is 0 Å². The first kappa shape index (κ1) is 22.5. The lowest BCUT2D eigenvalue weighted by Crippen LogP contribution is -2.45. The van der Waals surface area contributed by atoms with Crippen LogP contribution in [0.25, 0.3) is 0 Å². The number of fused-ring (bicyclic) bond motifs is 1. The van der Waals surface area contributed by atoms with Gasteiger partial charge in [0.15, 0.2) is 0 Å². The first-order chi connectivity index (χ1) is 15.3. The summed E-state index contributed by atoms with van der Waals surface area (Å²) in [6.07, 6.45) is 3.09. The van der Waals surface area contributed by atoms with Crippen molar-refractivity contribution in [3.63, 3.8) is 0 Å². The Morgan fingerprint density at radius 3 is 2.69 bits per heavy atom. The predicted octanol–water partition coefficient (Wildman–Crippen LogP) is 2.99. The van der Waals surface area contributed by atoms with Gasteiger partial charge in [0.1, 0.15) is 0 Å². The van der Waals surface area contributed by atoms with Crippen molar-refractivity contribution in [1.82, 2.24) is 9.62 Å². The van der Waals surface area contributed by atoms with E-state index >= 15 is 0 Å². The molecule has 0 aromatic heterocycles. The molecule has 7 nitrogen and oxygen atoms in total. The minimum absolute atomic E-state index is 0.0464. The summed E-state index contributed by atoms with van der Waals surface area (Å²) in [5, 5.41) is 5.78. The van der Waals surface area contributed by atoms with Crippen LogP contribution in [0.5, 0.6) is 0 Å². The first-order valence-electron chi connectivity index (χ1n) is 11.1. The summed E-state index contributed by atoms with van der Waals surface area (Å²) in [5.41, 5.74) is 3.69. The summed E-state index contributed by atoms with van der Waals surface area (Å²) in [6, 6.07) is 12.8. The maximum atomic E-state index is 13.3. The molecule has 4 rings (SSSR count). The van der Waals surface area contributed by atoms with E-state index in [0.29, 0.717) is 50.9 Å². The minimum Gasteiger partial charge on any atom is -0.352 e. The van der Waals surface area contributed by atoms with E-state index in [9.17, 15) is 18.0 Å². The van der Waals surface area contributed by atoms with Crippen molar-refractivity contribution in [2.75, 3.05) is 18.4 Å². The number of nitrogens with zero attached hydrogens (tertiary/aromatic N) is 1. The summed E-state index contributed by atoms with van der Waals surface area (Å²) < 4.78 is 28.0. The Morgan fingerprint density at radius 2 is 1.91 bits per heavy atom. The molecule has 170 valence electrons. The van der Waals surface area contributed by atoms with Crippen molar-refractivity contribution in [3.05, 3.63) is 59.2 Å². The fourth-order valence-electron chi connectivity index (χ4n) is 4.27. The molecule has 0 bridgehead atoms. The van der Waals surface area contributed by atoms with Gasteiger partial charge in [-0.1, -0.05) is 29.8 Å². The van der Waals surface area contributed by atoms with Gasteiger partial charge in [-0.05, 0) is 61.9 Å². The second-order valence-corrected chi connectivity index (χ2v) is 10.6. The molecule has 2 aliphatic heterocycles. The molecule has 1 atom stereocenters. The molecule has 32 heavy (non-hydrogen) atoms. The van der Waals surface area contributed by atoms with E-state index in [4.69, 9.17) is 0 Å². The number of aryl methyl sites for hydroxylation is 2. The molecule has 0 aliphatic carbocycles. The molecule has 2 N–H and O–H groups in total.